The highest BCUT2D eigenvalue weighted by atomic mass is 19.4. The first-order chi connectivity index (χ1) is 14.5. The van der Waals surface area contributed by atoms with Crippen LogP contribution in [0, 0.1) is 5.92 Å². The van der Waals surface area contributed by atoms with Crippen molar-refractivity contribution in [2.45, 2.75) is 69.3 Å². The molecule has 11 heteroatoms. The number of hydrogen-bond acceptors (Lipinski definition) is 5. The van der Waals surface area contributed by atoms with Crippen LogP contribution < -0.4 is 0 Å². The molecule has 0 aromatic rings. The minimum atomic E-state index is -5.08. The molecule has 1 amide bonds. The lowest BCUT2D eigenvalue weighted by atomic mass is 9.86. The van der Waals surface area contributed by atoms with E-state index in [0.717, 1.165) is 45.3 Å². The molecule has 1 aliphatic carbocycles. The summed E-state index contributed by atoms with van der Waals surface area (Å²) in [4.78, 5) is 31.3. The van der Waals surface area contributed by atoms with Crippen molar-refractivity contribution in [3.8, 4) is 0 Å². The van der Waals surface area contributed by atoms with Gasteiger partial charge in [-0.1, -0.05) is 18.5 Å². The number of hydrogen-bond donors (Lipinski definition) is 1. The van der Waals surface area contributed by atoms with E-state index in [1.165, 1.54) is 12.8 Å². The third kappa shape index (κ3) is 5.67. The van der Waals surface area contributed by atoms with Gasteiger partial charge in [-0.05, 0) is 51.1 Å². The molecule has 1 atom stereocenters. The van der Waals surface area contributed by atoms with Gasteiger partial charge < -0.3 is 14.8 Å². The van der Waals surface area contributed by atoms with Gasteiger partial charge >= 0.3 is 12.1 Å². The Morgan fingerprint density at radius 1 is 1.26 bits per heavy atom. The smallest absolute Gasteiger partial charge is 0.475 e. The molecule has 176 valence electrons. The minimum Gasteiger partial charge on any atom is -0.475 e. The molecule has 2 saturated heterocycles. The topological polar surface area (TPSA) is 82.4 Å². The molecule has 31 heavy (non-hydrogen) atoms. The molecule has 0 aromatic heterocycles. The SMILES string of the molecule is CCCCN1CCCC2(CC(C(=O)N3CC(F)(C4CC4)C3)=NO2)C1.O=C(O)C(F)(F)F. The van der Waals surface area contributed by atoms with Gasteiger partial charge in [0, 0.05) is 13.0 Å². The molecule has 0 radical (unpaired) electrons. The highest BCUT2D eigenvalue weighted by Crippen LogP contribution is 2.47. The van der Waals surface area contributed by atoms with Crippen LogP contribution in [0.15, 0.2) is 5.16 Å². The summed E-state index contributed by atoms with van der Waals surface area (Å²) in [6, 6.07) is 0. The average molecular weight is 451 g/mol. The number of oxime groups is 1. The van der Waals surface area contributed by atoms with Crippen molar-refractivity contribution in [2.24, 2.45) is 11.1 Å². The second-order valence-corrected chi connectivity index (χ2v) is 9.00. The zero-order valence-corrected chi connectivity index (χ0v) is 17.6. The second-order valence-electron chi connectivity index (χ2n) is 9.00. The van der Waals surface area contributed by atoms with Gasteiger partial charge in [0.05, 0.1) is 13.1 Å². The number of nitrogens with zero attached hydrogens (tertiary/aromatic N) is 3. The highest BCUT2D eigenvalue weighted by molar-refractivity contribution is 6.39. The summed E-state index contributed by atoms with van der Waals surface area (Å²) in [5, 5.41) is 11.2. The van der Waals surface area contributed by atoms with Gasteiger partial charge in [-0.2, -0.15) is 13.2 Å². The van der Waals surface area contributed by atoms with Crippen LogP contribution in [0.25, 0.3) is 0 Å². The summed E-state index contributed by atoms with van der Waals surface area (Å²) in [7, 11) is 0. The monoisotopic (exact) mass is 451 g/mol. The fourth-order valence-corrected chi connectivity index (χ4v) is 4.39. The quantitative estimate of drug-likeness (QED) is 0.650. The Bertz CT molecular complexity index is 720. The third-order valence-electron chi connectivity index (χ3n) is 6.28. The number of carbonyl (C=O) groups is 2. The Labute approximate surface area is 178 Å². The summed E-state index contributed by atoms with van der Waals surface area (Å²) in [6.45, 7) is 5.72. The van der Waals surface area contributed by atoms with Crippen LogP contribution in [0.2, 0.25) is 0 Å². The average Bonchev–Trinajstić information content (AvgIpc) is 3.46. The number of amides is 1. The molecular formula is C20H29F4N3O4. The summed E-state index contributed by atoms with van der Waals surface area (Å²) in [5.74, 6) is -2.70. The summed E-state index contributed by atoms with van der Waals surface area (Å²) in [6.07, 6.45) is 1.85. The standard InChI is InChI=1S/C18H28FN3O2.C2HF3O2/c1-2-3-8-21-9-4-7-17(11-21)10-15(20-24-17)16(23)22-12-18(19,13-22)14-5-6-14;3-2(4,5)1(6)7/h14H,2-13H2,1H3;(H,6,7). The molecule has 1 saturated carbocycles. The predicted molar refractivity (Wildman–Crippen MR) is 103 cm³/mol. The van der Waals surface area contributed by atoms with Crippen molar-refractivity contribution in [3.05, 3.63) is 0 Å². The minimum absolute atomic E-state index is 0.119. The predicted octanol–water partition coefficient (Wildman–Crippen LogP) is 2.99. The van der Waals surface area contributed by atoms with Gasteiger partial charge in [0.15, 0.2) is 5.60 Å². The molecule has 1 spiro atoms. The Morgan fingerprint density at radius 3 is 2.45 bits per heavy atom. The molecule has 1 N–H and O–H groups in total. The van der Waals surface area contributed by atoms with Crippen molar-refractivity contribution in [3.63, 3.8) is 0 Å². The molecule has 0 bridgehead atoms. The van der Waals surface area contributed by atoms with Crippen LogP contribution in [0.1, 0.15) is 51.9 Å². The lowest BCUT2D eigenvalue weighted by molar-refractivity contribution is -0.192. The number of unbranched alkanes of at least 4 members (excludes halogenated alkanes) is 1. The van der Waals surface area contributed by atoms with E-state index in [1.807, 2.05) is 0 Å². The van der Waals surface area contributed by atoms with Crippen molar-refractivity contribution in [2.75, 3.05) is 32.7 Å². The van der Waals surface area contributed by atoms with Crippen LogP contribution in [-0.2, 0) is 14.4 Å². The van der Waals surface area contributed by atoms with E-state index in [0.29, 0.717) is 12.1 Å². The summed E-state index contributed by atoms with van der Waals surface area (Å²) in [5.41, 5.74) is -0.967. The van der Waals surface area contributed by atoms with E-state index in [1.54, 1.807) is 4.90 Å². The lowest BCUT2D eigenvalue weighted by Gasteiger charge is -2.44. The maximum atomic E-state index is 14.4. The molecule has 7 nitrogen and oxygen atoms in total. The first-order valence-corrected chi connectivity index (χ1v) is 10.7. The Kier molecular flexibility index (Phi) is 6.83. The van der Waals surface area contributed by atoms with E-state index in [9.17, 15) is 22.4 Å². The molecule has 3 heterocycles. The normalized spacial score (nSPS) is 27.6. The summed E-state index contributed by atoms with van der Waals surface area (Å²) >= 11 is 0. The number of rotatable bonds is 5. The van der Waals surface area contributed by atoms with Gasteiger partial charge in [0.1, 0.15) is 11.4 Å². The first-order valence-electron chi connectivity index (χ1n) is 10.7. The van der Waals surface area contributed by atoms with Crippen molar-refractivity contribution < 1.29 is 37.1 Å². The Hall–Kier alpha value is -1.91. The number of likely N-dealkylation sites (tertiary alicyclic amines) is 2. The lowest BCUT2D eigenvalue weighted by Crippen LogP contribution is -2.63. The number of carboxylic acid groups (broad SMARTS) is 1. The van der Waals surface area contributed by atoms with E-state index < -0.39 is 17.8 Å². The van der Waals surface area contributed by atoms with E-state index >= 15 is 0 Å². The van der Waals surface area contributed by atoms with Crippen molar-refractivity contribution in [1.29, 1.82) is 0 Å². The van der Waals surface area contributed by atoms with Gasteiger partial charge in [-0.25, -0.2) is 9.18 Å². The van der Waals surface area contributed by atoms with Crippen LogP contribution >= 0.6 is 0 Å². The number of alkyl halides is 4. The molecular weight excluding hydrogens is 422 g/mol. The molecule has 0 aromatic carbocycles. The van der Waals surface area contributed by atoms with Crippen LogP contribution in [-0.4, -0.2) is 82.7 Å². The maximum absolute atomic E-state index is 14.4. The molecule has 4 rings (SSSR count). The van der Waals surface area contributed by atoms with Crippen LogP contribution in [0.5, 0.6) is 0 Å². The number of carbonyl (C=O) groups excluding carboxylic acids is 1. The van der Waals surface area contributed by atoms with Crippen LogP contribution in [0.3, 0.4) is 0 Å². The van der Waals surface area contributed by atoms with E-state index in [-0.39, 0.29) is 30.5 Å². The largest absolute Gasteiger partial charge is 0.490 e. The van der Waals surface area contributed by atoms with Gasteiger partial charge in [-0.3, -0.25) is 9.69 Å². The molecule has 3 fully saturated rings. The van der Waals surface area contributed by atoms with Gasteiger partial charge in [-0.15, -0.1) is 0 Å². The number of aliphatic carboxylic acids is 1. The Balaban J connectivity index is 0.000000339. The molecule has 1 unspecified atom stereocenters. The number of piperidine rings is 1. The number of halogens is 4. The second kappa shape index (κ2) is 8.91. The Morgan fingerprint density at radius 2 is 1.90 bits per heavy atom. The van der Waals surface area contributed by atoms with Gasteiger partial charge in [0.25, 0.3) is 5.91 Å². The van der Waals surface area contributed by atoms with Crippen molar-refractivity contribution in [1.82, 2.24) is 9.80 Å². The molecule has 4 aliphatic rings. The first kappa shape index (κ1) is 23.7. The fourth-order valence-electron chi connectivity index (χ4n) is 4.39. The maximum Gasteiger partial charge on any atom is 0.490 e. The zero-order valence-electron chi connectivity index (χ0n) is 17.6. The van der Waals surface area contributed by atoms with Crippen LogP contribution in [0.4, 0.5) is 17.6 Å². The molecule has 3 aliphatic heterocycles. The van der Waals surface area contributed by atoms with E-state index in [4.69, 9.17) is 14.7 Å². The van der Waals surface area contributed by atoms with Gasteiger partial charge in [0.2, 0.25) is 0 Å². The van der Waals surface area contributed by atoms with E-state index in [2.05, 4.69) is 17.0 Å². The summed E-state index contributed by atoms with van der Waals surface area (Å²) < 4.78 is 46.2. The number of carboxylic acids is 1. The highest BCUT2D eigenvalue weighted by Gasteiger charge is 2.56. The third-order valence-corrected chi connectivity index (χ3v) is 6.28. The fraction of sp³-hybridized carbons (Fsp3) is 0.850. The zero-order chi connectivity index (χ0) is 22.9. The van der Waals surface area contributed by atoms with Crippen molar-refractivity contribution >= 4 is 17.6 Å².